The maximum absolute atomic E-state index is 13.4. The molecule has 4 rings (SSSR count). The van der Waals surface area contributed by atoms with Gasteiger partial charge in [-0.1, -0.05) is 47.0 Å². The molecule has 178 valence electrons. The minimum Gasteiger partial charge on any atom is -0.493 e. The van der Waals surface area contributed by atoms with Gasteiger partial charge in [0, 0.05) is 24.1 Å². The third-order valence-corrected chi connectivity index (χ3v) is 7.46. The van der Waals surface area contributed by atoms with E-state index in [9.17, 15) is 4.79 Å². The summed E-state index contributed by atoms with van der Waals surface area (Å²) in [6.45, 7) is 4.48. The summed E-state index contributed by atoms with van der Waals surface area (Å²) in [7, 11) is 3.30. The van der Waals surface area contributed by atoms with E-state index in [1.165, 1.54) is 31.2 Å². The molecule has 1 saturated heterocycles. The van der Waals surface area contributed by atoms with Gasteiger partial charge in [0.15, 0.2) is 11.5 Å². The van der Waals surface area contributed by atoms with E-state index in [2.05, 4.69) is 32.2 Å². The zero-order valence-electron chi connectivity index (χ0n) is 19.6. The molecule has 0 aromatic heterocycles. The standard InChI is InChI=1S/C26H34BrN3O3/c1-32-23-17-19-11-15-30(26(31)28-12-16-29-13-7-3-4-8-14-29)25(21(19)18-24(23)33-2)20-9-5-6-10-22(20)27/h5-6,9-10,17-18,25H,3-4,7-8,11-16H2,1-2H3,(H,28,31). The fraction of sp³-hybridized carbons (Fsp3) is 0.500. The Morgan fingerprint density at radius 2 is 1.70 bits per heavy atom. The largest absolute Gasteiger partial charge is 0.493 e. The van der Waals surface area contributed by atoms with Gasteiger partial charge in [0.25, 0.3) is 0 Å². The highest BCUT2D eigenvalue weighted by atomic mass is 79.9. The number of halogens is 1. The molecule has 33 heavy (non-hydrogen) atoms. The number of likely N-dealkylation sites (tertiary alicyclic amines) is 1. The Hall–Kier alpha value is -2.25. The quantitative estimate of drug-likeness (QED) is 0.588. The molecular weight excluding hydrogens is 482 g/mol. The summed E-state index contributed by atoms with van der Waals surface area (Å²) >= 11 is 3.72. The predicted octanol–water partition coefficient (Wildman–Crippen LogP) is 5.00. The molecular formula is C26H34BrN3O3. The Bertz CT molecular complexity index is 960. The van der Waals surface area contributed by atoms with Crippen LogP contribution in [0.15, 0.2) is 40.9 Å². The third kappa shape index (κ3) is 5.46. The van der Waals surface area contributed by atoms with E-state index < -0.39 is 0 Å². The number of urea groups is 1. The van der Waals surface area contributed by atoms with Crippen molar-refractivity contribution in [1.82, 2.24) is 15.1 Å². The second-order valence-electron chi connectivity index (χ2n) is 8.76. The van der Waals surface area contributed by atoms with Gasteiger partial charge in [-0.25, -0.2) is 4.79 Å². The monoisotopic (exact) mass is 515 g/mol. The van der Waals surface area contributed by atoms with Crippen molar-refractivity contribution in [2.24, 2.45) is 0 Å². The van der Waals surface area contributed by atoms with Crippen LogP contribution in [0.3, 0.4) is 0 Å². The van der Waals surface area contributed by atoms with Gasteiger partial charge in [-0.05, 0) is 67.2 Å². The summed E-state index contributed by atoms with van der Waals surface area (Å²) < 4.78 is 12.1. The van der Waals surface area contributed by atoms with E-state index in [1.807, 2.05) is 35.2 Å². The Morgan fingerprint density at radius 1 is 1.00 bits per heavy atom. The molecule has 0 aliphatic carbocycles. The van der Waals surface area contributed by atoms with E-state index in [4.69, 9.17) is 9.47 Å². The molecule has 0 radical (unpaired) electrons. The minimum atomic E-state index is -0.206. The van der Waals surface area contributed by atoms with Crippen molar-refractivity contribution in [3.63, 3.8) is 0 Å². The average Bonchev–Trinajstić information content (AvgIpc) is 3.11. The summed E-state index contributed by atoms with van der Waals surface area (Å²) in [5.41, 5.74) is 3.32. The smallest absolute Gasteiger partial charge is 0.318 e. The Kier molecular flexibility index (Phi) is 8.15. The van der Waals surface area contributed by atoms with Crippen LogP contribution in [-0.2, 0) is 6.42 Å². The van der Waals surface area contributed by atoms with Crippen molar-refractivity contribution < 1.29 is 14.3 Å². The number of methoxy groups -OCH3 is 2. The normalized spacial score (nSPS) is 18.9. The molecule has 0 bridgehead atoms. The average molecular weight is 516 g/mol. The third-order valence-electron chi connectivity index (χ3n) is 6.74. The highest BCUT2D eigenvalue weighted by molar-refractivity contribution is 9.10. The lowest BCUT2D eigenvalue weighted by molar-refractivity contribution is 0.177. The Labute approximate surface area is 205 Å². The van der Waals surface area contributed by atoms with Crippen LogP contribution in [0.4, 0.5) is 4.79 Å². The maximum atomic E-state index is 13.4. The van der Waals surface area contributed by atoms with E-state index in [1.54, 1.807) is 14.2 Å². The van der Waals surface area contributed by atoms with Crippen LogP contribution in [0, 0.1) is 0 Å². The second kappa shape index (κ2) is 11.3. The highest BCUT2D eigenvalue weighted by Gasteiger charge is 2.34. The van der Waals surface area contributed by atoms with Gasteiger partial charge in [-0.15, -0.1) is 0 Å². The van der Waals surface area contributed by atoms with Gasteiger partial charge in [0.1, 0.15) is 0 Å². The number of nitrogens with one attached hydrogen (secondary N) is 1. The molecule has 2 amide bonds. The van der Waals surface area contributed by atoms with Crippen molar-refractivity contribution in [3.05, 3.63) is 57.6 Å². The van der Waals surface area contributed by atoms with Crippen LogP contribution in [-0.4, -0.2) is 62.8 Å². The number of ether oxygens (including phenoxy) is 2. The Balaban J connectivity index is 1.58. The van der Waals surface area contributed by atoms with Crippen LogP contribution < -0.4 is 14.8 Å². The summed E-state index contributed by atoms with van der Waals surface area (Å²) in [4.78, 5) is 17.8. The molecule has 1 N–H and O–H groups in total. The van der Waals surface area contributed by atoms with Crippen molar-refractivity contribution in [1.29, 1.82) is 0 Å². The maximum Gasteiger partial charge on any atom is 0.318 e. The molecule has 2 aromatic rings. The van der Waals surface area contributed by atoms with Crippen LogP contribution in [0.5, 0.6) is 11.5 Å². The molecule has 0 spiro atoms. The van der Waals surface area contributed by atoms with Gasteiger partial charge in [-0.2, -0.15) is 0 Å². The predicted molar refractivity (Wildman–Crippen MR) is 134 cm³/mol. The molecule has 2 aliphatic heterocycles. The topological polar surface area (TPSA) is 54.0 Å². The lowest BCUT2D eigenvalue weighted by atomic mass is 9.88. The summed E-state index contributed by atoms with van der Waals surface area (Å²) in [5.74, 6) is 1.40. The van der Waals surface area contributed by atoms with Crippen LogP contribution in [0.2, 0.25) is 0 Å². The lowest BCUT2D eigenvalue weighted by Gasteiger charge is -2.38. The summed E-state index contributed by atoms with van der Waals surface area (Å²) in [6.07, 6.45) is 5.92. The van der Waals surface area contributed by atoms with Crippen LogP contribution >= 0.6 is 15.9 Å². The first-order valence-corrected chi connectivity index (χ1v) is 12.7. The summed E-state index contributed by atoms with van der Waals surface area (Å²) in [6, 6.07) is 12.0. The molecule has 2 aliphatic rings. The fourth-order valence-corrected chi connectivity index (χ4v) is 5.48. The number of carbonyl (C=O) groups excluding carboxylic acids is 1. The van der Waals surface area contributed by atoms with Crippen molar-refractivity contribution in [3.8, 4) is 11.5 Å². The molecule has 7 heteroatoms. The van der Waals surface area contributed by atoms with Gasteiger partial charge in [0.05, 0.1) is 20.3 Å². The van der Waals surface area contributed by atoms with Crippen molar-refractivity contribution in [2.75, 3.05) is 46.9 Å². The molecule has 1 unspecified atom stereocenters. The van der Waals surface area contributed by atoms with E-state index in [0.29, 0.717) is 18.8 Å². The van der Waals surface area contributed by atoms with Gasteiger partial charge in [0.2, 0.25) is 0 Å². The van der Waals surface area contributed by atoms with Crippen molar-refractivity contribution >= 4 is 22.0 Å². The zero-order valence-corrected chi connectivity index (χ0v) is 21.2. The van der Waals surface area contributed by atoms with E-state index >= 15 is 0 Å². The van der Waals surface area contributed by atoms with Gasteiger partial charge >= 0.3 is 6.03 Å². The molecule has 1 fully saturated rings. The Morgan fingerprint density at radius 3 is 2.39 bits per heavy atom. The number of hydrogen-bond donors (Lipinski definition) is 1. The number of benzene rings is 2. The first-order chi connectivity index (χ1) is 16.1. The number of hydrogen-bond acceptors (Lipinski definition) is 4. The second-order valence-corrected chi connectivity index (χ2v) is 9.62. The number of amides is 2. The number of rotatable bonds is 6. The van der Waals surface area contributed by atoms with Crippen molar-refractivity contribution in [2.45, 2.75) is 38.1 Å². The number of carbonyl (C=O) groups is 1. The molecule has 2 heterocycles. The van der Waals surface area contributed by atoms with E-state index in [-0.39, 0.29) is 12.1 Å². The SMILES string of the molecule is COc1cc2c(cc1OC)C(c1ccccc1Br)N(C(=O)NCCN1CCCCCC1)CC2. The van der Waals surface area contributed by atoms with Gasteiger partial charge in [-0.3, -0.25) is 0 Å². The van der Waals surface area contributed by atoms with Crippen LogP contribution in [0.1, 0.15) is 48.4 Å². The first-order valence-electron chi connectivity index (χ1n) is 11.9. The molecule has 1 atom stereocenters. The molecule has 0 saturated carbocycles. The fourth-order valence-electron chi connectivity index (χ4n) is 4.98. The zero-order chi connectivity index (χ0) is 23.2. The minimum absolute atomic E-state index is 0.0222. The van der Waals surface area contributed by atoms with Crippen LogP contribution in [0.25, 0.3) is 0 Å². The lowest BCUT2D eigenvalue weighted by Crippen LogP contribution is -2.47. The highest BCUT2D eigenvalue weighted by Crippen LogP contribution is 2.42. The summed E-state index contributed by atoms with van der Waals surface area (Å²) in [5, 5.41) is 3.20. The number of nitrogens with zero attached hydrogens (tertiary/aromatic N) is 2. The first kappa shape index (κ1) is 23.9. The molecule has 6 nitrogen and oxygen atoms in total. The van der Waals surface area contributed by atoms with E-state index in [0.717, 1.165) is 47.4 Å². The van der Waals surface area contributed by atoms with Gasteiger partial charge < -0.3 is 24.6 Å². The molecule has 2 aromatic carbocycles. The number of fused-ring (bicyclic) bond motifs is 1.